The Bertz CT molecular complexity index is 350. The minimum absolute atomic E-state index is 0.306. The summed E-state index contributed by atoms with van der Waals surface area (Å²) in [5.74, 6) is 0.846. The van der Waals surface area contributed by atoms with Crippen LogP contribution in [0.15, 0.2) is 12.1 Å². The maximum absolute atomic E-state index is 9.52. The first kappa shape index (κ1) is 13.0. The van der Waals surface area contributed by atoms with Crippen LogP contribution in [0, 0.1) is 20.8 Å². The molecule has 0 saturated carbocycles. The van der Waals surface area contributed by atoms with Gasteiger partial charge in [0.1, 0.15) is 12.4 Å². The van der Waals surface area contributed by atoms with Crippen LogP contribution >= 0.6 is 0 Å². The van der Waals surface area contributed by atoms with Gasteiger partial charge in [-0.15, -0.1) is 0 Å². The minimum Gasteiger partial charge on any atom is -0.491 e. The number of rotatable bonds is 5. The molecule has 0 spiro atoms. The molecule has 3 heteroatoms. The highest BCUT2D eigenvalue weighted by Gasteiger charge is 2.07. The maximum atomic E-state index is 9.52. The van der Waals surface area contributed by atoms with E-state index in [0.29, 0.717) is 19.6 Å². The van der Waals surface area contributed by atoms with Crippen LogP contribution in [-0.2, 0) is 0 Å². The topological polar surface area (TPSA) is 55.5 Å². The largest absolute Gasteiger partial charge is 0.491 e. The van der Waals surface area contributed by atoms with Gasteiger partial charge < -0.3 is 15.6 Å². The molecule has 0 heterocycles. The standard InChI is InChI=1S/C13H21NO2/c1-9-6-11(3)13(7-10(9)2)16-8-12(15)4-5-14/h6-7,12,15H,4-5,8,14H2,1-3H3. The van der Waals surface area contributed by atoms with E-state index < -0.39 is 6.10 Å². The van der Waals surface area contributed by atoms with Crippen LogP contribution in [-0.4, -0.2) is 24.4 Å². The SMILES string of the molecule is Cc1cc(C)c(OCC(O)CCN)cc1C. The lowest BCUT2D eigenvalue weighted by Crippen LogP contribution is -2.21. The number of benzene rings is 1. The number of aryl methyl sites for hydroxylation is 3. The van der Waals surface area contributed by atoms with Crippen molar-refractivity contribution in [1.29, 1.82) is 0 Å². The second kappa shape index (κ2) is 5.87. The second-order valence-electron chi connectivity index (χ2n) is 4.24. The molecular formula is C13H21NO2. The van der Waals surface area contributed by atoms with Gasteiger partial charge >= 0.3 is 0 Å². The fourth-order valence-electron chi connectivity index (χ4n) is 1.55. The highest BCUT2D eigenvalue weighted by molar-refractivity contribution is 5.40. The third-order valence-electron chi connectivity index (χ3n) is 2.72. The summed E-state index contributed by atoms with van der Waals surface area (Å²) in [7, 11) is 0. The van der Waals surface area contributed by atoms with E-state index in [2.05, 4.69) is 19.9 Å². The Kier molecular flexibility index (Phi) is 4.77. The molecule has 0 amide bonds. The summed E-state index contributed by atoms with van der Waals surface area (Å²) in [5, 5.41) is 9.52. The molecule has 1 rings (SSSR count). The lowest BCUT2D eigenvalue weighted by Gasteiger charge is -2.14. The van der Waals surface area contributed by atoms with Gasteiger partial charge in [0.25, 0.3) is 0 Å². The number of nitrogens with two attached hydrogens (primary N) is 1. The molecule has 0 saturated heterocycles. The zero-order valence-corrected chi connectivity index (χ0v) is 10.3. The molecule has 16 heavy (non-hydrogen) atoms. The number of aliphatic hydroxyl groups is 1. The summed E-state index contributed by atoms with van der Waals surface area (Å²) in [6, 6.07) is 4.11. The van der Waals surface area contributed by atoms with E-state index in [4.69, 9.17) is 10.5 Å². The first-order valence-electron chi connectivity index (χ1n) is 5.63. The van der Waals surface area contributed by atoms with E-state index in [1.165, 1.54) is 11.1 Å². The molecule has 0 aliphatic rings. The highest BCUT2D eigenvalue weighted by atomic mass is 16.5. The second-order valence-corrected chi connectivity index (χ2v) is 4.24. The normalized spacial score (nSPS) is 12.6. The monoisotopic (exact) mass is 223 g/mol. The summed E-state index contributed by atoms with van der Waals surface area (Å²) in [4.78, 5) is 0. The minimum atomic E-state index is -0.481. The van der Waals surface area contributed by atoms with Crippen molar-refractivity contribution in [1.82, 2.24) is 0 Å². The van der Waals surface area contributed by atoms with Crippen LogP contribution in [0.3, 0.4) is 0 Å². The van der Waals surface area contributed by atoms with Crippen LogP contribution in [0.5, 0.6) is 5.75 Å². The molecule has 0 aliphatic carbocycles. The Balaban J connectivity index is 2.63. The van der Waals surface area contributed by atoms with Gasteiger partial charge in [-0.25, -0.2) is 0 Å². The number of hydrogen-bond acceptors (Lipinski definition) is 3. The predicted octanol–water partition coefficient (Wildman–Crippen LogP) is 1.70. The molecule has 3 N–H and O–H groups in total. The summed E-state index contributed by atoms with van der Waals surface area (Å²) >= 11 is 0. The molecule has 0 aromatic heterocycles. The zero-order chi connectivity index (χ0) is 12.1. The van der Waals surface area contributed by atoms with Gasteiger partial charge in [0, 0.05) is 0 Å². The molecule has 1 unspecified atom stereocenters. The molecule has 1 atom stereocenters. The molecule has 0 fully saturated rings. The Morgan fingerprint density at radius 3 is 2.44 bits per heavy atom. The van der Waals surface area contributed by atoms with E-state index in [1.807, 2.05) is 13.0 Å². The van der Waals surface area contributed by atoms with Crippen LogP contribution in [0.25, 0.3) is 0 Å². The molecule has 1 aromatic carbocycles. The van der Waals surface area contributed by atoms with Crippen molar-refractivity contribution >= 4 is 0 Å². The van der Waals surface area contributed by atoms with Crippen LogP contribution in [0.2, 0.25) is 0 Å². The smallest absolute Gasteiger partial charge is 0.122 e. The molecule has 0 radical (unpaired) electrons. The molecule has 0 bridgehead atoms. The number of ether oxygens (including phenoxy) is 1. The fourth-order valence-corrected chi connectivity index (χ4v) is 1.55. The van der Waals surface area contributed by atoms with Crippen molar-refractivity contribution in [2.24, 2.45) is 5.73 Å². The van der Waals surface area contributed by atoms with Crippen molar-refractivity contribution in [2.45, 2.75) is 33.3 Å². The predicted molar refractivity (Wildman–Crippen MR) is 65.8 cm³/mol. The van der Waals surface area contributed by atoms with Gasteiger partial charge in [-0.3, -0.25) is 0 Å². The lowest BCUT2D eigenvalue weighted by atomic mass is 10.1. The molecule has 0 aliphatic heterocycles. The van der Waals surface area contributed by atoms with Gasteiger partial charge in [0.05, 0.1) is 6.10 Å². The highest BCUT2D eigenvalue weighted by Crippen LogP contribution is 2.22. The first-order chi connectivity index (χ1) is 7.54. The maximum Gasteiger partial charge on any atom is 0.122 e. The third-order valence-corrected chi connectivity index (χ3v) is 2.72. The lowest BCUT2D eigenvalue weighted by molar-refractivity contribution is 0.102. The van der Waals surface area contributed by atoms with Crippen molar-refractivity contribution in [3.05, 3.63) is 28.8 Å². The van der Waals surface area contributed by atoms with E-state index in [0.717, 1.165) is 11.3 Å². The van der Waals surface area contributed by atoms with Gasteiger partial charge in [0.2, 0.25) is 0 Å². The van der Waals surface area contributed by atoms with Crippen LogP contribution < -0.4 is 10.5 Å². The molecule has 90 valence electrons. The summed E-state index contributed by atoms with van der Waals surface area (Å²) in [6.07, 6.45) is 0.0928. The van der Waals surface area contributed by atoms with E-state index >= 15 is 0 Å². The Morgan fingerprint density at radius 1 is 1.19 bits per heavy atom. The summed E-state index contributed by atoms with van der Waals surface area (Å²) < 4.78 is 5.58. The quantitative estimate of drug-likeness (QED) is 0.799. The van der Waals surface area contributed by atoms with Crippen LogP contribution in [0.4, 0.5) is 0 Å². The average molecular weight is 223 g/mol. The van der Waals surface area contributed by atoms with Gasteiger partial charge in [0.15, 0.2) is 0 Å². The Labute approximate surface area is 97.2 Å². The van der Waals surface area contributed by atoms with Gasteiger partial charge in [-0.05, 0) is 56.5 Å². The van der Waals surface area contributed by atoms with Crippen molar-refractivity contribution in [3.63, 3.8) is 0 Å². The number of aliphatic hydroxyl groups excluding tert-OH is 1. The van der Waals surface area contributed by atoms with Crippen LogP contribution in [0.1, 0.15) is 23.1 Å². The summed E-state index contributed by atoms with van der Waals surface area (Å²) in [5.41, 5.74) is 8.92. The number of hydrogen-bond donors (Lipinski definition) is 2. The van der Waals surface area contributed by atoms with E-state index in [9.17, 15) is 5.11 Å². The molecular weight excluding hydrogens is 202 g/mol. The third kappa shape index (κ3) is 3.51. The van der Waals surface area contributed by atoms with E-state index in [1.54, 1.807) is 0 Å². The van der Waals surface area contributed by atoms with E-state index in [-0.39, 0.29) is 0 Å². The molecule has 1 aromatic rings. The molecule has 3 nitrogen and oxygen atoms in total. The Hall–Kier alpha value is -1.06. The van der Waals surface area contributed by atoms with Gasteiger partial charge in [-0.2, -0.15) is 0 Å². The van der Waals surface area contributed by atoms with Crippen molar-refractivity contribution in [3.8, 4) is 5.75 Å². The van der Waals surface area contributed by atoms with Gasteiger partial charge in [-0.1, -0.05) is 6.07 Å². The first-order valence-corrected chi connectivity index (χ1v) is 5.63. The average Bonchev–Trinajstić information content (AvgIpc) is 2.22. The summed E-state index contributed by atoms with van der Waals surface area (Å²) in [6.45, 7) is 6.93. The van der Waals surface area contributed by atoms with Crippen molar-refractivity contribution in [2.75, 3.05) is 13.2 Å². The van der Waals surface area contributed by atoms with Crippen molar-refractivity contribution < 1.29 is 9.84 Å². The zero-order valence-electron chi connectivity index (χ0n) is 10.3. The fraction of sp³-hybridized carbons (Fsp3) is 0.538. The Morgan fingerprint density at radius 2 is 1.81 bits per heavy atom.